The van der Waals surface area contributed by atoms with E-state index < -0.39 is 0 Å². The van der Waals surface area contributed by atoms with Gasteiger partial charge in [-0.15, -0.1) is 0 Å². The fourth-order valence-corrected chi connectivity index (χ4v) is 3.25. The number of likely N-dealkylation sites (tertiary alicyclic amines) is 1. The van der Waals surface area contributed by atoms with Crippen molar-refractivity contribution in [2.45, 2.75) is 32.4 Å². The molecule has 21 heavy (non-hydrogen) atoms. The van der Waals surface area contributed by atoms with Crippen LogP contribution in [0.5, 0.6) is 0 Å². The zero-order chi connectivity index (χ0) is 14.8. The molecule has 1 aromatic carbocycles. The van der Waals surface area contributed by atoms with E-state index in [1.807, 2.05) is 36.1 Å². The van der Waals surface area contributed by atoms with Crippen LogP contribution in [0, 0.1) is 0 Å². The molecule has 1 aromatic heterocycles. The lowest BCUT2D eigenvalue weighted by Gasteiger charge is -2.26. The standard InChI is InChI=1S/C16H18ClN3O/c1-2-20-15(9-10-18-20)16(21)19-11-5-8-14(19)12-6-3-4-7-13(12)17/h3-4,6-7,9-10,14H,2,5,8,11H2,1H3/t14-/m0/s1. The second-order valence-corrected chi connectivity index (χ2v) is 5.62. The minimum atomic E-state index is 0.0387. The summed E-state index contributed by atoms with van der Waals surface area (Å²) in [6.45, 7) is 3.45. The average Bonchev–Trinajstić information content (AvgIpc) is 3.16. The van der Waals surface area contributed by atoms with Gasteiger partial charge in [-0.2, -0.15) is 5.10 Å². The van der Waals surface area contributed by atoms with Crippen molar-refractivity contribution in [1.82, 2.24) is 14.7 Å². The number of hydrogen-bond donors (Lipinski definition) is 0. The molecule has 0 radical (unpaired) electrons. The van der Waals surface area contributed by atoms with Crippen LogP contribution in [0.1, 0.15) is 41.9 Å². The molecule has 1 atom stereocenters. The zero-order valence-electron chi connectivity index (χ0n) is 12.0. The molecule has 4 nitrogen and oxygen atoms in total. The first-order valence-corrected chi connectivity index (χ1v) is 7.67. The first-order chi connectivity index (χ1) is 10.2. The maximum Gasteiger partial charge on any atom is 0.272 e. The number of hydrogen-bond acceptors (Lipinski definition) is 2. The Bertz CT molecular complexity index is 652. The Morgan fingerprint density at radius 2 is 2.19 bits per heavy atom. The molecule has 1 saturated heterocycles. The Balaban J connectivity index is 1.91. The summed E-state index contributed by atoms with van der Waals surface area (Å²) in [4.78, 5) is 14.7. The molecule has 2 aromatic rings. The van der Waals surface area contributed by atoms with Crippen molar-refractivity contribution in [3.05, 3.63) is 52.8 Å². The summed E-state index contributed by atoms with van der Waals surface area (Å²) in [5, 5.41) is 4.91. The minimum Gasteiger partial charge on any atom is -0.330 e. The van der Waals surface area contributed by atoms with E-state index in [0.29, 0.717) is 12.2 Å². The molecule has 1 amide bonds. The maximum atomic E-state index is 12.8. The van der Waals surface area contributed by atoms with E-state index in [0.717, 1.165) is 30.0 Å². The number of nitrogens with zero attached hydrogens (tertiary/aromatic N) is 3. The van der Waals surface area contributed by atoms with Crippen molar-refractivity contribution in [2.24, 2.45) is 0 Å². The smallest absolute Gasteiger partial charge is 0.272 e. The van der Waals surface area contributed by atoms with E-state index in [2.05, 4.69) is 5.10 Å². The molecule has 0 N–H and O–H groups in total. The molecule has 1 aliphatic rings. The number of aryl methyl sites for hydroxylation is 1. The van der Waals surface area contributed by atoms with Crippen LogP contribution in [-0.2, 0) is 6.54 Å². The van der Waals surface area contributed by atoms with Crippen LogP contribution in [0.2, 0.25) is 5.02 Å². The van der Waals surface area contributed by atoms with Gasteiger partial charge in [-0.25, -0.2) is 0 Å². The molecule has 1 fully saturated rings. The fourth-order valence-electron chi connectivity index (χ4n) is 2.99. The van der Waals surface area contributed by atoms with Gasteiger partial charge in [0.1, 0.15) is 5.69 Å². The summed E-state index contributed by atoms with van der Waals surface area (Å²) in [7, 11) is 0. The molecule has 0 spiro atoms. The molecule has 0 saturated carbocycles. The van der Waals surface area contributed by atoms with Gasteiger partial charge in [0.2, 0.25) is 0 Å². The number of amides is 1. The lowest BCUT2D eigenvalue weighted by atomic mass is 10.0. The van der Waals surface area contributed by atoms with Crippen LogP contribution in [0.15, 0.2) is 36.5 Å². The molecule has 5 heteroatoms. The third kappa shape index (κ3) is 2.56. The van der Waals surface area contributed by atoms with E-state index >= 15 is 0 Å². The Kier molecular flexibility index (Phi) is 3.97. The van der Waals surface area contributed by atoms with Crippen LogP contribution < -0.4 is 0 Å². The van der Waals surface area contributed by atoms with Crippen molar-refractivity contribution >= 4 is 17.5 Å². The number of benzene rings is 1. The number of halogens is 1. The van der Waals surface area contributed by atoms with Gasteiger partial charge >= 0.3 is 0 Å². The van der Waals surface area contributed by atoms with Gasteiger partial charge in [-0.05, 0) is 37.5 Å². The first kappa shape index (κ1) is 14.1. The van der Waals surface area contributed by atoms with Crippen LogP contribution >= 0.6 is 11.6 Å². The third-order valence-electron chi connectivity index (χ3n) is 4.01. The Morgan fingerprint density at radius 3 is 2.95 bits per heavy atom. The molecule has 3 rings (SSSR count). The highest BCUT2D eigenvalue weighted by Crippen LogP contribution is 2.36. The predicted octanol–water partition coefficient (Wildman–Crippen LogP) is 3.53. The average molecular weight is 304 g/mol. The predicted molar refractivity (Wildman–Crippen MR) is 82.4 cm³/mol. The SMILES string of the molecule is CCn1nccc1C(=O)N1CCC[C@H]1c1ccccc1Cl. The maximum absolute atomic E-state index is 12.8. The van der Waals surface area contributed by atoms with Gasteiger partial charge in [-0.1, -0.05) is 29.8 Å². The molecular formula is C16H18ClN3O. The number of carbonyl (C=O) groups is 1. The number of carbonyl (C=O) groups excluding carboxylic acids is 1. The van der Waals surface area contributed by atoms with E-state index in [-0.39, 0.29) is 11.9 Å². The normalized spacial score (nSPS) is 18.2. The van der Waals surface area contributed by atoms with Crippen molar-refractivity contribution in [3.8, 4) is 0 Å². The highest BCUT2D eigenvalue weighted by molar-refractivity contribution is 6.31. The Morgan fingerprint density at radius 1 is 1.38 bits per heavy atom. The first-order valence-electron chi connectivity index (χ1n) is 7.29. The van der Waals surface area contributed by atoms with Gasteiger partial charge in [0, 0.05) is 24.3 Å². The zero-order valence-corrected chi connectivity index (χ0v) is 12.8. The van der Waals surface area contributed by atoms with Gasteiger partial charge in [0.05, 0.1) is 6.04 Å². The van der Waals surface area contributed by atoms with Crippen LogP contribution in [0.4, 0.5) is 0 Å². The highest BCUT2D eigenvalue weighted by atomic mass is 35.5. The van der Waals surface area contributed by atoms with Crippen molar-refractivity contribution < 1.29 is 4.79 Å². The second kappa shape index (κ2) is 5.90. The van der Waals surface area contributed by atoms with E-state index in [4.69, 9.17) is 11.6 Å². The van der Waals surface area contributed by atoms with Gasteiger partial charge < -0.3 is 4.90 Å². The van der Waals surface area contributed by atoms with Crippen molar-refractivity contribution in [1.29, 1.82) is 0 Å². The van der Waals surface area contributed by atoms with Crippen molar-refractivity contribution in [3.63, 3.8) is 0 Å². The summed E-state index contributed by atoms with van der Waals surface area (Å²) in [6, 6.07) is 9.63. The summed E-state index contributed by atoms with van der Waals surface area (Å²) >= 11 is 6.30. The summed E-state index contributed by atoms with van der Waals surface area (Å²) in [5.74, 6) is 0.0387. The largest absolute Gasteiger partial charge is 0.330 e. The quantitative estimate of drug-likeness (QED) is 0.870. The summed E-state index contributed by atoms with van der Waals surface area (Å²) in [5.41, 5.74) is 1.68. The Labute approximate surface area is 129 Å². The van der Waals surface area contributed by atoms with Crippen LogP contribution in [0.25, 0.3) is 0 Å². The van der Waals surface area contributed by atoms with E-state index in [9.17, 15) is 4.79 Å². The third-order valence-corrected chi connectivity index (χ3v) is 4.36. The number of rotatable bonds is 3. The summed E-state index contributed by atoms with van der Waals surface area (Å²) in [6.07, 6.45) is 3.63. The lowest BCUT2D eigenvalue weighted by Crippen LogP contribution is -2.32. The number of aromatic nitrogens is 2. The Hall–Kier alpha value is -1.81. The molecule has 1 aliphatic heterocycles. The minimum absolute atomic E-state index is 0.0387. The van der Waals surface area contributed by atoms with Gasteiger partial charge in [0.25, 0.3) is 5.91 Å². The molecule has 2 heterocycles. The lowest BCUT2D eigenvalue weighted by molar-refractivity contribution is 0.0723. The van der Waals surface area contributed by atoms with Gasteiger partial charge in [0.15, 0.2) is 0 Å². The highest BCUT2D eigenvalue weighted by Gasteiger charge is 2.32. The molecular weight excluding hydrogens is 286 g/mol. The molecule has 0 aliphatic carbocycles. The van der Waals surface area contributed by atoms with E-state index in [1.165, 1.54) is 0 Å². The molecule has 0 unspecified atom stereocenters. The second-order valence-electron chi connectivity index (χ2n) is 5.21. The van der Waals surface area contributed by atoms with Crippen LogP contribution in [-0.4, -0.2) is 27.1 Å². The topological polar surface area (TPSA) is 38.1 Å². The summed E-state index contributed by atoms with van der Waals surface area (Å²) < 4.78 is 1.74. The van der Waals surface area contributed by atoms with Crippen molar-refractivity contribution in [2.75, 3.05) is 6.54 Å². The molecule has 0 bridgehead atoms. The van der Waals surface area contributed by atoms with Crippen LogP contribution in [0.3, 0.4) is 0 Å². The van der Waals surface area contributed by atoms with E-state index in [1.54, 1.807) is 16.9 Å². The van der Waals surface area contributed by atoms with Gasteiger partial charge in [-0.3, -0.25) is 9.48 Å². The fraction of sp³-hybridized carbons (Fsp3) is 0.375. The monoisotopic (exact) mass is 303 g/mol. The molecule has 110 valence electrons.